The van der Waals surface area contributed by atoms with Crippen molar-refractivity contribution in [2.75, 3.05) is 0 Å². The molecule has 0 bridgehead atoms. The van der Waals surface area contributed by atoms with Gasteiger partial charge in [0.25, 0.3) is 0 Å². The van der Waals surface area contributed by atoms with Crippen LogP contribution in [0.2, 0.25) is 10.0 Å². The van der Waals surface area contributed by atoms with Gasteiger partial charge >= 0.3 is 0 Å². The van der Waals surface area contributed by atoms with Gasteiger partial charge in [-0.25, -0.2) is 0 Å². The highest BCUT2D eigenvalue weighted by molar-refractivity contribution is 6.42. The van der Waals surface area contributed by atoms with Crippen LogP contribution in [-0.4, -0.2) is 0 Å². The summed E-state index contributed by atoms with van der Waals surface area (Å²) < 4.78 is 5.67. The summed E-state index contributed by atoms with van der Waals surface area (Å²) in [5, 5.41) is 0.984. The van der Waals surface area contributed by atoms with Gasteiger partial charge in [-0.3, -0.25) is 0 Å². The van der Waals surface area contributed by atoms with Gasteiger partial charge in [0, 0.05) is 12.1 Å². The fourth-order valence-electron chi connectivity index (χ4n) is 1.52. The Hall–Kier alpha value is -1.22. The van der Waals surface area contributed by atoms with E-state index in [0.717, 1.165) is 11.3 Å². The van der Waals surface area contributed by atoms with Crippen LogP contribution in [0.4, 0.5) is 0 Å². The summed E-state index contributed by atoms with van der Waals surface area (Å²) in [5.41, 5.74) is 6.85. The Morgan fingerprint density at radius 3 is 2.11 bits per heavy atom. The van der Waals surface area contributed by atoms with Crippen molar-refractivity contribution in [2.24, 2.45) is 5.73 Å². The number of nitrogens with two attached hydrogens (primary N) is 1. The fraction of sp³-hybridized carbons (Fsp3) is 0.143. The summed E-state index contributed by atoms with van der Waals surface area (Å²) in [4.78, 5) is 0. The molecule has 2 rings (SSSR count). The summed E-state index contributed by atoms with van der Waals surface area (Å²) in [6.07, 6.45) is 0. The van der Waals surface area contributed by atoms with E-state index in [9.17, 15) is 0 Å². The SMILES string of the molecule is CC(N)c1ccc(Oc2ccc(Cl)c(Cl)c2)cc1. The monoisotopic (exact) mass is 281 g/mol. The van der Waals surface area contributed by atoms with E-state index in [4.69, 9.17) is 33.7 Å². The van der Waals surface area contributed by atoms with E-state index >= 15 is 0 Å². The molecule has 0 radical (unpaired) electrons. The molecule has 0 spiro atoms. The second-order valence-electron chi connectivity index (χ2n) is 4.04. The molecule has 0 amide bonds. The zero-order valence-corrected chi connectivity index (χ0v) is 11.4. The van der Waals surface area contributed by atoms with E-state index in [1.807, 2.05) is 31.2 Å². The van der Waals surface area contributed by atoms with Crippen molar-refractivity contribution in [1.82, 2.24) is 0 Å². The summed E-state index contributed by atoms with van der Waals surface area (Å²) >= 11 is 11.8. The Morgan fingerprint density at radius 2 is 1.56 bits per heavy atom. The molecule has 0 aliphatic heterocycles. The molecule has 0 saturated carbocycles. The maximum atomic E-state index is 5.92. The van der Waals surface area contributed by atoms with E-state index < -0.39 is 0 Å². The lowest BCUT2D eigenvalue weighted by Gasteiger charge is -2.09. The van der Waals surface area contributed by atoms with Gasteiger partial charge < -0.3 is 10.5 Å². The molecular formula is C14H13Cl2NO. The lowest BCUT2D eigenvalue weighted by molar-refractivity contribution is 0.482. The highest BCUT2D eigenvalue weighted by atomic mass is 35.5. The lowest BCUT2D eigenvalue weighted by atomic mass is 10.1. The molecule has 4 heteroatoms. The predicted octanol–water partition coefficient (Wildman–Crippen LogP) is 4.81. The third-order valence-electron chi connectivity index (χ3n) is 2.53. The zero-order valence-electron chi connectivity index (χ0n) is 9.86. The predicted molar refractivity (Wildman–Crippen MR) is 75.6 cm³/mol. The minimum atomic E-state index is 0.0176. The molecular weight excluding hydrogens is 269 g/mol. The largest absolute Gasteiger partial charge is 0.457 e. The van der Waals surface area contributed by atoms with Crippen molar-refractivity contribution in [3.05, 3.63) is 58.1 Å². The average molecular weight is 282 g/mol. The highest BCUT2D eigenvalue weighted by Gasteiger charge is 2.03. The third-order valence-corrected chi connectivity index (χ3v) is 3.27. The van der Waals surface area contributed by atoms with E-state index in [-0.39, 0.29) is 6.04 Å². The van der Waals surface area contributed by atoms with E-state index in [1.54, 1.807) is 18.2 Å². The lowest BCUT2D eigenvalue weighted by Crippen LogP contribution is -2.04. The molecule has 1 atom stereocenters. The zero-order chi connectivity index (χ0) is 13.1. The standard InChI is InChI=1S/C14H13Cl2NO/c1-9(17)10-2-4-11(5-3-10)18-12-6-7-13(15)14(16)8-12/h2-9H,17H2,1H3. The minimum absolute atomic E-state index is 0.0176. The molecule has 0 aliphatic carbocycles. The second-order valence-corrected chi connectivity index (χ2v) is 4.85. The highest BCUT2D eigenvalue weighted by Crippen LogP contribution is 2.29. The Morgan fingerprint density at radius 1 is 0.944 bits per heavy atom. The van der Waals surface area contributed by atoms with Gasteiger partial charge in [0.15, 0.2) is 0 Å². The van der Waals surface area contributed by atoms with Crippen LogP contribution in [0, 0.1) is 0 Å². The maximum Gasteiger partial charge on any atom is 0.129 e. The quantitative estimate of drug-likeness (QED) is 0.877. The number of halogens is 2. The number of ether oxygens (including phenoxy) is 1. The molecule has 0 fully saturated rings. The van der Waals surface area contributed by atoms with Gasteiger partial charge in [0.05, 0.1) is 10.0 Å². The average Bonchev–Trinajstić information content (AvgIpc) is 2.34. The van der Waals surface area contributed by atoms with Crippen LogP contribution in [0.3, 0.4) is 0 Å². The van der Waals surface area contributed by atoms with Crippen LogP contribution >= 0.6 is 23.2 Å². The third kappa shape index (κ3) is 3.16. The van der Waals surface area contributed by atoms with Crippen LogP contribution in [-0.2, 0) is 0 Å². The molecule has 0 heterocycles. The van der Waals surface area contributed by atoms with E-state index in [2.05, 4.69) is 0 Å². The normalized spacial score (nSPS) is 12.2. The molecule has 1 unspecified atom stereocenters. The van der Waals surface area contributed by atoms with Gasteiger partial charge in [0.2, 0.25) is 0 Å². The number of hydrogen-bond acceptors (Lipinski definition) is 2. The molecule has 2 aromatic carbocycles. The molecule has 2 aromatic rings. The molecule has 18 heavy (non-hydrogen) atoms. The summed E-state index contributed by atoms with van der Waals surface area (Å²) in [5.74, 6) is 1.38. The Balaban J connectivity index is 2.15. The van der Waals surface area contributed by atoms with Gasteiger partial charge in [-0.1, -0.05) is 35.3 Å². The van der Waals surface area contributed by atoms with Gasteiger partial charge in [0.1, 0.15) is 11.5 Å². The first-order valence-electron chi connectivity index (χ1n) is 5.54. The maximum absolute atomic E-state index is 5.92. The van der Waals surface area contributed by atoms with Crippen LogP contribution in [0.15, 0.2) is 42.5 Å². The van der Waals surface area contributed by atoms with Crippen molar-refractivity contribution < 1.29 is 4.74 Å². The topological polar surface area (TPSA) is 35.2 Å². The first kappa shape index (κ1) is 13.2. The molecule has 0 aliphatic rings. The summed E-state index contributed by atoms with van der Waals surface area (Å²) in [6, 6.07) is 12.8. The second kappa shape index (κ2) is 5.61. The van der Waals surface area contributed by atoms with Gasteiger partial charge in [-0.15, -0.1) is 0 Å². The molecule has 0 saturated heterocycles. The van der Waals surface area contributed by atoms with Crippen molar-refractivity contribution in [3.63, 3.8) is 0 Å². The van der Waals surface area contributed by atoms with E-state index in [0.29, 0.717) is 15.8 Å². The number of rotatable bonds is 3. The van der Waals surface area contributed by atoms with Crippen LogP contribution < -0.4 is 10.5 Å². The first-order valence-corrected chi connectivity index (χ1v) is 6.30. The van der Waals surface area contributed by atoms with Gasteiger partial charge in [-0.2, -0.15) is 0 Å². The Bertz CT molecular complexity index is 538. The smallest absolute Gasteiger partial charge is 0.129 e. The van der Waals surface area contributed by atoms with E-state index in [1.165, 1.54) is 0 Å². The van der Waals surface area contributed by atoms with Crippen molar-refractivity contribution >= 4 is 23.2 Å². The molecule has 2 nitrogen and oxygen atoms in total. The Kier molecular flexibility index (Phi) is 4.12. The van der Waals surface area contributed by atoms with Crippen LogP contribution in [0.25, 0.3) is 0 Å². The van der Waals surface area contributed by atoms with Crippen molar-refractivity contribution in [3.8, 4) is 11.5 Å². The first-order chi connectivity index (χ1) is 8.56. The molecule has 2 N–H and O–H groups in total. The minimum Gasteiger partial charge on any atom is -0.457 e. The summed E-state index contributed by atoms with van der Waals surface area (Å²) in [6.45, 7) is 1.94. The molecule has 0 aromatic heterocycles. The van der Waals surface area contributed by atoms with Crippen LogP contribution in [0.1, 0.15) is 18.5 Å². The van der Waals surface area contributed by atoms with Crippen molar-refractivity contribution in [2.45, 2.75) is 13.0 Å². The van der Waals surface area contributed by atoms with Crippen LogP contribution in [0.5, 0.6) is 11.5 Å². The Labute approximate surface area is 116 Å². The number of benzene rings is 2. The summed E-state index contributed by atoms with van der Waals surface area (Å²) in [7, 11) is 0. The van der Waals surface area contributed by atoms with Crippen molar-refractivity contribution in [1.29, 1.82) is 0 Å². The molecule has 94 valence electrons. The number of hydrogen-bond donors (Lipinski definition) is 1. The van der Waals surface area contributed by atoms with Gasteiger partial charge in [-0.05, 0) is 36.8 Å². The fourth-order valence-corrected chi connectivity index (χ4v) is 1.80.